The number of rotatable bonds is 5. The van der Waals surface area contributed by atoms with Crippen molar-refractivity contribution < 1.29 is 9.53 Å². The van der Waals surface area contributed by atoms with Crippen LogP contribution in [0.2, 0.25) is 0 Å². The Morgan fingerprint density at radius 1 is 1.16 bits per heavy atom. The first-order valence-corrected chi connectivity index (χ1v) is 8.52. The second-order valence-electron chi connectivity index (χ2n) is 6.16. The number of piperazine rings is 1. The van der Waals surface area contributed by atoms with E-state index < -0.39 is 0 Å². The van der Waals surface area contributed by atoms with Gasteiger partial charge in [-0.2, -0.15) is 0 Å². The average Bonchev–Trinajstić information content (AvgIpc) is 2.63. The van der Waals surface area contributed by atoms with Gasteiger partial charge < -0.3 is 15.0 Å². The van der Waals surface area contributed by atoms with E-state index in [9.17, 15) is 4.79 Å². The fraction of sp³-hybridized carbons (Fsp3) is 0.350. The predicted octanol–water partition coefficient (Wildman–Crippen LogP) is 3.36. The second kappa shape index (κ2) is 9.44. The number of hydrogen-bond donors (Lipinski definition) is 1. The van der Waals surface area contributed by atoms with Crippen LogP contribution in [0.5, 0.6) is 5.75 Å². The molecule has 0 bridgehead atoms. The van der Waals surface area contributed by atoms with Crippen molar-refractivity contribution >= 4 is 18.3 Å². The number of ether oxygens (including phenoxy) is 1. The van der Waals surface area contributed by atoms with Crippen LogP contribution in [-0.2, 0) is 4.79 Å². The molecular formula is C20H25ClN2O2. The Kier molecular flexibility index (Phi) is 7.29. The van der Waals surface area contributed by atoms with E-state index in [0.717, 1.165) is 36.5 Å². The molecule has 2 aromatic rings. The number of carbonyl (C=O) groups is 1. The summed E-state index contributed by atoms with van der Waals surface area (Å²) in [6.07, 6.45) is 0.413. The monoisotopic (exact) mass is 360 g/mol. The van der Waals surface area contributed by atoms with Gasteiger partial charge in [0.15, 0.2) is 0 Å². The van der Waals surface area contributed by atoms with E-state index in [-0.39, 0.29) is 18.3 Å². The number of para-hydroxylation sites is 1. The maximum Gasteiger partial charge on any atom is 0.226 e. The van der Waals surface area contributed by atoms with Gasteiger partial charge >= 0.3 is 0 Å². The van der Waals surface area contributed by atoms with Gasteiger partial charge in [0, 0.05) is 31.2 Å². The fourth-order valence-corrected chi connectivity index (χ4v) is 3.01. The molecule has 0 radical (unpaired) electrons. The Balaban J connectivity index is 0.00000225. The molecule has 4 nitrogen and oxygen atoms in total. The van der Waals surface area contributed by atoms with Crippen molar-refractivity contribution in [2.45, 2.75) is 19.4 Å². The summed E-state index contributed by atoms with van der Waals surface area (Å²) in [7, 11) is 0. The summed E-state index contributed by atoms with van der Waals surface area (Å²) in [6.45, 7) is 4.93. The van der Waals surface area contributed by atoms with Gasteiger partial charge in [0.2, 0.25) is 5.91 Å². The van der Waals surface area contributed by atoms with Crippen molar-refractivity contribution in [1.82, 2.24) is 10.2 Å². The van der Waals surface area contributed by atoms with E-state index in [1.807, 2.05) is 47.4 Å². The van der Waals surface area contributed by atoms with E-state index >= 15 is 0 Å². The third-order valence-electron chi connectivity index (χ3n) is 4.27. The van der Waals surface area contributed by atoms with Crippen LogP contribution in [-0.4, -0.2) is 43.1 Å². The zero-order chi connectivity index (χ0) is 16.8. The highest BCUT2D eigenvalue weighted by Crippen LogP contribution is 2.29. The molecule has 3 rings (SSSR count). The van der Waals surface area contributed by atoms with Gasteiger partial charge in [-0.1, -0.05) is 48.5 Å². The molecule has 2 aromatic carbocycles. The van der Waals surface area contributed by atoms with Crippen LogP contribution in [0.3, 0.4) is 0 Å². The van der Waals surface area contributed by atoms with Crippen LogP contribution in [0, 0.1) is 0 Å². The molecular weight excluding hydrogens is 336 g/mol. The van der Waals surface area contributed by atoms with E-state index in [4.69, 9.17) is 4.74 Å². The number of halogens is 1. The van der Waals surface area contributed by atoms with Crippen molar-refractivity contribution in [3.8, 4) is 16.9 Å². The molecule has 1 amide bonds. The molecule has 5 heteroatoms. The van der Waals surface area contributed by atoms with Gasteiger partial charge in [-0.05, 0) is 18.6 Å². The zero-order valence-corrected chi connectivity index (χ0v) is 15.3. The smallest absolute Gasteiger partial charge is 0.226 e. The van der Waals surface area contributed by atoms with Gasteiger partial charge in [0.25, 0.3) is 0 Å². The Bertz CT molecular complexity index is 678. The first-order chi connectivity index (χ1) is 11.7. The van der Waals surface area contributed by atoms with Crippen LogP contribution in [0.4, 0.5) is 0 Å². The molecule has 25 heavy (non-hydrogen) atoms. The highest BCUT2D eigenvalue weighted by molar-refractivity contribution is 5.85. The van der Waals surface area contributed by atoms with Crippen LogP contribution in [0.25, 0.3) is 11.1 Å². The highest BCUT2D eigenvalue weighted by atomic mass is 35.5. The van der Waals surface area contributed by atoms with E-state index in [1.165, 1.54) is 0 Å². The number of nitrogens with one attached hydrogen (secondary N) is 1. The topological polar surface area (TPSA) is 41.6 Å². The molecule has 0 spiro atoms. The van der Waals surface area contributed by atoms with Gasteiger partial charge in [0.05, 0.1) is 13.0 Å². The summed E-state index contributed by atoms with van der Waals surface area (Å²) in [4.78, 5) is 14.2. The Morgan fingerprint density at radius 2 is 1.88 bits per heavy atom. The van der Waals surface area contributed by atoms with Gasteiger partial charge in [-0.3, -0.25) is 4.79 Å². The summed E-state index contributed by atoms with van der Waals surface area (Å²) in [6, 6.07) is 18.5. The fourth-order valence-electron chi connectivity index (χ4n) is 3.01. The third kappa shape index (κ3) is 5.21. The Hall–Kier alpha value is -2.04. The lowest BCUT2D eigenvalue weighted by molar-refractivity contribution is -0.132. The molecule has 0 aliphatic carbocycles. The molecule has 1 aliphatic rings. The lowest BCUT2D eigenvalue weighted by atomic mass is 10.1. The van der Waals surface area contributed by atoms with Crippen LogP contribution < -0.4 is 10.1 Å². The second-order valence-corrected chi connectivity index (χ2v) is 6.16. The normalized spacial score (nSPS) is 16.8. The van der Waals surface area contributed by atoms with Crippen molar-refractivity contribution in [3.63, 3.8) is 0 Å². The maximum atomic E-state index is 12.3. The standard InChI is InChI=1S/C20H24N2O2.ClH/c1-16-15-22(13-12-21-16)20(23)11-14-24-19-10-6-5-9-18(19)17-7-3-2-4-8-17;/h2-10,16,21H,11-15H2,1H3;1H. The largest absolute Gasteiger partial charge is 0.492 e. The minimum absolute atomic E-state index is 0. The molecule has 1 atom stereocenters. The molecule has 134 valence electrons. The van der Waals surface area contributed by atoms with Crippen molar-refractivity contribution in [3.05, 3.63) is 54.6 Å². The van der Waals surface area contributed by atoms with E-state index in [2.05, 4.69) is 24.4 Å². The minimum atomic E-state index is 0. The molecule has 0 saturated carbocycles. The van der Waals surface area contributed by atoms with E-state index in [0.29, 0.717) is 19.1 Å². The summed E-state index contributed by atoms with van der Waals surface area (Å²) < 4.78 is 5.92. The number of benzene rings is 2. The van der Waals surface area contributed by atoms with Crippen molar-refractivity contribution in [2.75, 3.05) is 26.2 Å². The SMILES string of the molecule is CC1CN(C(=O)CCOc2ccccc2-c2ccccc2)CCN1.Cl. The first-order valence-electron chi connectivity index (χ1n) is 8.52. The molecule has 1 unspecified atom stereocenters. The molecule has 1 fully saturated rings. The molecule has 1 heterocycles. The predicted molar refractivity (Wildman–Crippen MR) is 103 cm³/mol. The summed E-state index contributed by atoms with van der Waals surface area (Å²) in [5, 5.41) is 3.35. The number of carbonyl (C=O) groups excluding carboxylic acids is 1. The molecule has 1 aliphatic heterocycles. The lowest BCUT2D eigenvalue weighted by Crippen LogP contribution is -2.51. The van der Waals surface area contributed by atoms with Crippen molar-refractivity contribution in [1.29, 1.82) is 0 Å². The number of amides is 1. The minimum Gasteiger partial charge on any atom is -0.492 e. The van der Waals surface area contributed by atoms with E-state index in [1.54, 1.807) is 0 Å². The lowest BCUT2D eigenvalue weighted by Gasteiger charge is -2.32. The van der Waals surface area contributed by atoms with Gasteiger partial charge in [-0.25, -0.2) is 0 Å². The highest BCUT2D eigenvalue weighted by Gasteiger charge is 2.20. The molecule has 1 N–H and O–H groups in total. The van der Waals surface area contributed by atoms with Crippen LogP contribution in [0.1, 0.15) is 13.3 Å². The quantitative estimate of drug-likeness (QED) is 0.888. The Morgan fingerprint density at radius 3 is 2.64 bits per heavy atom. The molecule has 0 aromatic heterocycles. The van der Waals surface area contributed by atoms with Crippen molar-refractivity contribution in [2.24, 2.45) is 0 Å². The Labute approximate surface area is 155 Å². The third-order valence-corrected chi connectivity index (χ3v) is 4.27. The van der Waals surface area contributed by atoms with Crippen LogP contribution >= 0.6 is 12.4 Å². The summed E-state index contributed by atoms with van der Waals surface area (Å²) in [5.74, 6) is 0.991. The summed E-state index contributed by atoms with van der Waals surface area (Å²) >= 11 is 0. The maximum absolute atomic E-state index is 12.3. The van der Waals surface area contributed by atoms with Crippen LogP contribution in [0.15, 0.2) is 54.6 Å². The number of hydrogen-bond acceptors (Lipinski definition) is 3. The average molecular weight is 361 g/mol. The summed E-state index contributed by atoms with van der Waals surface area (Å²) in [5.41, 5.74) is 2.18. The van der Waals surface area contributed by atoms with Gasteiger partial charge in [0.1, 0.15) is 5.75 Å². The first kappa shape index (κ1) is 19.3. The van der Waals surface area contributed by atoms with Gasteiger partial charge in [-0.15, -0.1) is 12.4 Å². The zero-order valence-electron chi connectivity index (χ0n) is 14.5. The number of nitrogens with zero attached hydrogens (tertiary/aromatic N) is 1. The molecule has 1 saturated heterocycles.